The van der Waals surface area contributed by atoms with Crippen LogP contribution in [0.15, 0.2) is 18.2 Å². The number of benzene rings is 1. The van der Waals surface area contributed by atoms with Gasteiger partial charge in [-0.25, -0.2) is 8.42 Å². The Hall–Kier alpha value is -1.40. The zero-order valence-electron chi connectivity index (χ0n) is 14.7. The number of para-hydroxylation sites is 1. The third-order valence-electron chi connectivity index (χ3n) is 3.75. The van der Waals surface area contributed by atoms with Crippen molar-refractivity contribution in [2.75, 3.05) is 24.7 Å². The summed E-state index contributed by atoms with van der Waals surface area (Å²) < 4.78 is 25.0. The van der Waals surface area contributed by atoms with Gasteiger partial charge in [0.2, 0.25) is 15.9 Å². The Kier molecular flexibility index (Phi) is 7.22. The highest BCUT2D eigenvalue weighted by Gasteiger charge is 2.21. The predicted molar refractivity (Wildman–Crippen MR) is 95.1 cm³/mol. The minimum atomic E-state index is -3.40. The van der Waals surface area contributed by atoms with Crippen LogP contribution in [0, 0.1) is 12.8 Å². The summed E-state index contributed by atoms with van der Waals surface area (Å²) in [5.41, 5.74) is 2.81. The highest BCUT2D eigenvalue weighted by molar-refractivity contribution is 7.88. The molecule has 1 N–H and O–H groups in total. The monoisotopic (exact) mass is 340 g/mol. The average molecular weight is 340 g/mol. The van der Waals surface area contributed by atoms with E-state index in [2.05, 4.69) is 5.32 Å². The second-order valence-electron chi connectivity index (χ2n) is 6.29. The molecule has 0 unspecified atom stereocenters. The quantitative estimate of drug-likeness (QED) is 0.791. The lowest BCUT2D eigenvalue weighted by Crippen LogP contribution is -2.38. The molecule has 0 saturated heterocycles. The van der Waals surface area contributed by atoms with Crippen molar-refractivity contribution in [3.05, 3.63) is 29.3 Å². The molecule has 0 aliphatic rings. The van der Waals surface area contributed by atoms with Gasteiger partial charge in [0.15, 0.2) is 0 Å². The lowest BCUT2D eigenvalue weighted by atomic mass is 10.1. The van der Waals surface area contributed by atoms with Gasteiger partial charge < -0.3 is 5.32 Å². The van der Waals surface area contributed by atoms with Crippen LogP contribution >= 0.6 is 0 Å². The second kappa shape index (κ2) is 8.45. The van der Waals surface area contributed by atoms with Crippen molar-refractivity contribution >= 4 is 21.6 Å². The van der Waals surface area contributed by atoms with Crippen LogP contribution in [0.3, 0.4) is 0 Å². The molecular weight excluding hydrogens is 312 g/mol. The maximum atomic E-state index is 12.3. The summed E-state index contributed by atoms with van der Waals surface area (Å²) in [5.74, 6) is 0.0774. The summed E-state index contributed by atoms with van der Waals surface area (Å²) in [7, 11) is -3.40. The molecule has 0 bridgehead atoms. The molecule has 0 atom stereocenters. The van der Waals surface area contributed by atoms with Crippen LogP contribution in [0.1, 0.15) is 38.3 Å². The second-order valence-corrected chi connectivity index (χ2v) is 8.27. The van der Waals surface area contributed by atoms with Crippen molar-refractivity contribution in [2.45, 2.75) is 40.5 Å². The largest absolute Gasteiger partial charge is 0.324 e. The van der Waals surface area contributed by atoms with E-state index in [9.17, 15) is 13.2 Å². The van der Waals surface area contributed by atoms with E-state index in [0.29, 0.717) is 12.5 Å². The number of nitrogens with one attached hydrogen (secondary N) is 1. The molecule has 0 saturated carbocycles. The molecule has 1 amide bonds. The first kappa shape index (κ1) is 19.6. The zero-order valence-corrected chi connectivity index (χ0v) is 15.5. The molecule has 0 aliphatic carbocycles. The maximum absolute atomic E-state index is 12.3. The van der Waals surface area contributed by atoms with Crippen molar-refractivity contribution < 1.29 is 13.2 Å². The van der Waals surface area contributed by atoms with E-state index in [1.165, 1.54) is 4.31 Å². The van der Waals surface area contributed by atoms with E-state index >= 15 is 0 Å². The fourth-order valence-corrected chi connectivity index (χ4v) is 3.09. The zero-order chi connectivity index (χ0) is 17.6. The highest BCUT2D eigenvalue weighted by Crippen LogP contribution is 2.21. The Morgan fingerprint density at radius 2 is 1.96 bits per heavy atom. The van der Waals surface area contributed by atoms with Gasteiger partial charge >= 0.3 is 0 Å². The molecule has 1 aromatic rings. The summed E-state index contributed by atoms with van der Waals surface area (Å²) in [4.78, 5) is 12.3. The van der Waals surface area contributed by atoms with E-state index in [1.54, 1.807) is 0 Å². The Balaban J connectivity index is 2.84. The molecule has 1 rings (SSSR count). The number of hydrogen-bond acceptors (Lipinski definition) is 3. The first-order valence-electron chi connectivity index (χ1n) is 7.98. The number of hydrogen-bond donors (Lipinski definition) is 1. The molecule has 130 valence electrons. The number of amides is 1. The number of nitrogens with zero attached hydrogens (tertiary/aromatic N) is 1. The van der Waals surface area contributed by atoms with Crippen LogP contribution < -0.4 is 5.32 Å². The first-order valence-corrected chi connectivity index (χ1v) is 9.83. The third kappa shape index (κ3) is 6.31. The Morgan fingerprint density at radius 1 is 1.30 bits per heavy atom. The normalized spacial score (nSPS) is 12.0. The minimum absolute atomic E-state index is 0.150. The first-order chi connectivity index (χ1) is 10.6. The van der Waals surface area contributed by atoms with Crippen LogP contribution in [0.2, 0.25) is 0 Å². The summed E-state index contributed by atoms with van der Waals surface area (Å²) in [6.45, 7) is 8.22. The van der Waals surface area contributed by atoms with Crippen molar-refractivity contribution in [1.29, 1.82) is 0 Å². The molecule has 0 aliphatic heterocycles. The van der Waals surface area contributed by atoms with Gasteiger partial charge in [-0.2, -0.15) is 4.31 Å². The number of carbonyl (C=O) groups excluding carboxylic acids is 1. The number of aryl methyl sites for hydroxylation is 2. The molecule has 0 aromatic heterocycles. The van der Waals surface area contributed by atoms with Crippen LogP contribution in [0.25, 0.3) is 0 Å². The fourth-order valence-electron chi connectivity index (χ4n) is 2.31. The van der Waals surface area contributed by atoms with Crippen LogP contribution in [0.4, 0.5) is 5.69 Å². The van der Waals surface area contributed by atoms with E-state index < -0.39 is 10.0 Å². The van der Waals surface area contributed by atoms with Crippen LogP contribution in [-0.4, -0.2) is 38.0 Å². The van der Waals surface area contributed by atoms with E-state index in [4.69, 9.17) is 0 Å². The van der Waals surface area contributed by atoms with E-state index in [0.717, 1.165) is 35.9 Å². The van der Waals surface area contributed by atoms with E-state index in [-0.39, 0.29) is 12.5 Å². The van der Waals surface area contributed by atoms with Gasteiger partial charge in [-0.05, 0) is 36.8 Å². The lowest BCUT2D eigenvalue weighted by Gasteiger charge is -2.21. The van der Waals surface area contributed by atoms with Gasteiger partial charge in [0, 0.05) is 12.2 Å². The van der Waals surface area contributed by atoms with Gasteiger partial charge in [0.1, 0.15) is 0 Å². The van der Waals surface area contributed by atoms with Crippen LogP contribution in [0.5, 0.6) is 0 Å². The standard InChI is InChI=1S/C17H28N2O3S/c1-6-15-9-7-8-14(4)17(15)18-16(20)12-19(23(5,21)22)11-10-13(2)3/h7-9,13H,6,10-12H2,1-5H3,(H,18,20). The summed E-state index contributed by atoms with van der Waals surface area (Å²) in [5, 5.41) is 2.87. The predicted octanol–water partition coefficient (Wildman–Crippen LogP) is 2.80. The third-order valence-corrected chi connectivity index (χ3v) is 5.00. The van der Waals surface area contributed by atoms with Gasteiger partial charge in [0.05, 0.1) is 12.8 Å². The van der Waals surface area contributed by atoms with Crippen molar-refractivity contribution in [1.82, 2.24) is 4.31 Å². The molecule has 0 spiro atoms. The number of carbonyl (C=O) groups is 1. The summed E-state index contributed by atoms with van der Waals surface area (Å²) in [6.07, 6.45) is 2.68. The smallest absolute Gasteiger partial charge is 0.239 e. The highest BCUT2D eigenvalue weighted by atomic mass is 32.2. The minimum Gasteiger partial charge on any atom is -0.324 e. The SMILES string of the molecule is CCc1cccc(C)c1NC(=O)CN(CCC(C)C)S(C)(=O)=O. The molecule has 6 heteroatoms. The molecule has 23 heavy (non-hydrogen) atoms. The lowest BCUT2D eigenvalue weighted by molar-refractivity contribution is -0.116. The summed E-state index contributed by atoms with van der Waals surface area (Å²) in [6, 6.07) is 5.85. The topological polar surface area (TPSA) is 66.5 Å². The average Bonchev–Trinajstić information content (AvgIpc) is 2.44. The fraction of sp³-hybridized carbons (Fsp3) is 0.588. The van der Waals surface area contributed by atoms with Crippen molar-refractivity contribution in [3.63, 3.8) is 0 Å². The van der Waals surface area contributed by atoms with E-state index in [1.807, 2.05) is 45.9 Å². The van der Waals surface area contributed by atoms with Gasteiger partial charge in [0.25, 0.3) is 0 Å². The molecule has 0 radical (unpaired) electrons. The summed E-state index contributed by atoms with van der Waals surface area (Å²) >= 11 is 0. The van der Waals surface area contributed by atoms with Crippen molar-refractivity contribution in [2.24, 2.45) is 5.92 Å². The molecular formula is C17H28N2O3S. The Morgan fingerprint density at radius 3 is 2.48 bits per heavy atom. The molecule has 5 nitrogen and oxygen atoms in total. The Labute approximate surface area is 140 Å². The number of sulfonamides is 1. The number of anilines is 1. The van der Waals surface area contributed by atoms with Gasteiger partial charge in [-0.15, -0.1) is 0 Å². The van der Waals surface area contributed by atoms with Gasteiger partial charge in [-0.1, -0.05) is 39.0 Å². The maximum Gasteiger partial charge on any atom is 0.239 e. The van der Waals surface area contributed by atoms with Crippen LogP contribution in [-0.2, 0) is 21.2 Å². The van der Waals surface area contributed by atoms with Gasteiger partial charge in [-0.3, -0.25) is 4.79 Å². The van der Waals surface area contributed by atoms with Crippen molar-refractivity contribution in [3.8, 4) is 0 Å². The molecule has 0 fully saturated rings. The number of rotatable bonds is 8. The molecule has 1 aromatic carbocycles. The Bertz CT molecular complexity index is 639. The molecule has 0 heterocycles.